The van der Waals surface area contributed by atoms with Crippen molar-refractivity contribution in [3.8, 4) is 5.75 Å². The molecule has 0 saturated heterocycles. The molecule has 3 rings (SSSR count). The van der Waals surface area contributed by atoms with Gasteiger partial charge in [-0.3, -0.25) is 5.43 Å². The van der Waals surface area contributed by atoms with Gasteiger partial charge in [0.05, 0.1) is 6.21 Å². The molecule has 0 heterocycles. The van der Waals surface area contributed by atoms with Crippen LogP contribution in [-0.2, 0) is 6.61 Å². The van der Waals surface area contributed by atoms with E-state index in [2.05, 4.69) is 31.8 Å². The SMILES string of the molecule is S=C(NN=Cc1ccccc1OCc1ccc(Br)cc1)NC1CCCCC1. The number of hydrogen-bond acceptors (Lipinski definition) is 3. The summed E-state index contributed by atoms with van der Waals surface area (Å²) in [4.78, 5) is 0. The molecule has 0 bridgehead atoms. The van der Waals surface area contributed by atoms with Crippen molar-refractivity contribution in [3.63, 3.8) is 0 Å². The maximum Gasteiger partial charge on any atom is 0.187 e. The van der Waals surface area contributed by atoms with E-state index in [1.165, 1.54) is 32.1 Å². The molecule has 6 heteroatoms. The fraction of sp³-hybridized carbons (Fsp3) is 0.333. The summed E-state index contributed by atoms with van der Waals surface area (Å²) < 4.78 is 7.02. The molecular formula is C21H24BrN3OS. The molecule has 0 atom stereocenters. The Morgan fingerprint density at radius 1 is 1.11 bits per heavy atom. The van der Waals surface area contributed by atoms with E-state index in [-0.39, 0.29) is 0 Å². The van der Waals surface area contributed by atoms with E-state index in [0.717, 1.165) is 21.3 Å². The Balaban J connectivity index is 1.52. The molecule has 0 aliphatic heterocycles. The highest BCUT2D eigenvalue weighted by atomic mass is 79.9. The number of halogens is 1. The summed E-state index contributed by atoms with van der Waals surface area (Å²) >= 11 is 8.78. The molecule has 142 valence electrons. The lowest BCUT2D eigenvalue weighted by molar-refractivity contribution is 0.306. The molecule has 0 unspecified atom stereocenters. The number of nitrogens with zero attached hydrogens (tertiary/aromatic N) is 1. The Labute approximate surface area is 174 Å². The van der Waals surface area contributed by atoms with Crippen LogP contribution in [0.25, 0.3) is 0 Å². The van der Waals surface area contributed by atoms with Gasteiger partial charge in [0.2, 0.25) is 0 Å². The summed E-state index contributed by atoms with van der Waals surface area (Å²) in [6.45, 7) is 0.507. The number of hydrazone groups is 1. The zero-order chi connectivity index (χ0) is 18.9. The maximum absolute atomic E-state index is 5.96. The Kier molecular flexibility index (Phi) is 7.66. The maximum atomic E-state index is 5.96. The molecule has 1 aliphatic rings. The van der Waals surface area contributed by atoms with Crippen LogP contribution >= 0.6 is 28.1 Å². The van der Waals surface area contributed by atoms with Gasteiger partial charge in [0.25, 0.3) is 0 Å². The summed E-state index contributed by atoms with van der Waals surface area (Å²) in [6.07, 6.45) is 7.97. The number of nitrogens with one attached hydrogen (secondary N) is 2. The third-order valence-electron chi connectivity index (χ3n) is 4.54. The quantitative estimate of drug-likeness (QED) is 0.366. The standard InChI is InChI=1S/C21H24BrN3OS/c22-18-12-10-16(11-13-18)15-26-20-9-5-4-6-17(20)14-23-25-21(27)24-19-7-2-1-3-8-19/h4-6,9-14,19H,1-3,7-8,15H2,(H2,24,25,27). The van der Waals surface area contributed by atoms with Gasteiger partial charge in [-0.05, 0) is 54.9 Å². The smallest absolute Gasteiger partial charge is 0.187 e. The molecule has 0 spiro atoms. The first kappa shape index (κ1) is 19.8. The Bertz CT molecular complexity index is 773. The largest absolute Gasteiger partial charge is 0.488 e. The molecule has 4 nitrogen and oxygen atoms in total. The van der Waals surface area contributed by atoms with Crippen molar-refractivity contribution in [1.29, 1.82) is 0 Å². The van der Waals surface area contributed by atoms with E-state index < -0.39 is 0 Å². The normalized spacial score (nSPS) is 14.9. The molecule has 1 aliphatic carbocycles. The van der Waals surface area contributed by atoms with Gasteiger partial charge >= 0.3 is 0 Å². The molecule has 0 radical (unpaired) electrons. The van der Waals surface area contributed by atoms with Gasteiger partial charge in [0, 0.05) is 16.1 Å². The van der Waals surface area contributed by atoms with Crippen molar-refractivity contribution in [2.24, 2.45) is 5.10 Å². The van der Waals surface area contributed by atoms with Crippen LogP contribution in [0.1, 0.15) is 43.2 Å². The van der Waals surface area contributed by atoms with Crippen molar-refractivity contribution in [3.05, 3.63) is 64.1 Å². The second kappa shape index (κ2) is 10.4. The molecule has 0 aromatic heterocycles. The molecule has 2 aromatic carbocycles. The molecule has 2 aromatic rings. The highest BCUT2D eigenvalue weighted by molar-refractivity contribution is 9.10. The second-order valence-corrected chi connectivity index (χ2v) is 7.96. The number of ether oxygens (including phenoxy) is 1. The minimum absolute atomic E-state index is 0.468. The Hall–Kier alpha value is -1.92. The summed E-state index contributed by atoms with van der Waals surface area (Å²) in [5.74, 6) is 0.789. The van der Waals surface area contributed by atoms with Gasteiger partial charge in [-0.1, -0.05) is 59.5 Å². The molecule has 1 fully saturated rings. The average Bonchev–Trinajstić information content (AvgIpc) is 2.69. The first-order chi connectivity index (χ1) is 13.2. The van der Waals surface area contributed by atoms with Gasteiger partial charge in [-0.25, -0.2) is 0 Å². The van der Waals surface area contributed by atoms with Crippen LogP contribution in [0, 0.1) is 0 Å². The molecule has 2 N–H and O–H groups in total. The van der Waals surface area contributed by atoms with E-state index in [1.54, 1.807) is 6.21 Å². The molecule has 27 heavy (non-hydrogen) atoms. The lowest BCUT2D eigenvalue weighted by atomic mass is 9.96. The van der Waals surface area contributed by atoms with Crippen LogP contribution in [0.5, 0.6) is 5.75 Å². The van der Waals surface area contributed by atoms with Crippen LogP contribution in [-0.4, -0.2) is 17.4 Å². The van der Waals surface area contributed by atoms with Gasteiger partial charge in [-0.15, -0.1) is 0 Å². The average molecular weight is 446 g/mol. The first-order valence-corrected chi connectivity index (χ1v) is 10.5. The Morgan fingerprint density at radius 3 is 2.63 bits per heavy atom. The van der Waals surface area contributed by atoms with E-state index >= 15 is 0 Å². The number of rotatable bonds is 6. The predicted octanol–water partition coefficient (Wildman–Crippen LogP) is 5.16. The molecular weight excluding hydrogens is 422 g/mol. The van der Waals surface area contributed by atoms with Gasteiger partial charge in [0.1, 0.15) is 12.4 Å². The number of hydrogen-bond donors (Lipinski definition) is 2. The van der Waals surface area contributed by atoms with E-state index in [1.807, 2.05) is 48.5 Å². The monoisotopic (exact) mass is 445 g/mol. The van der Waals surface area contributed by atoms with Crippen molar-refractivity contribution in [2.45, 2.75) is 44.8 Å². The number of para-hydroxylation sites is 1. The summed E-state index contributed by atoms with van der Waals surface area (Å²) in [7, 11) is 0. The van der Waals surface area contributed by atoms with Crippen molar-refractivity contribution in [1.82, 2.24) is 10.7 Å². The van der Waals surface area contributed by atoms with Crippen molar-refractivity contribution in [2.75, 3.05) is 0 Å². The zero-order valence-electron chi connectivity index (χ0n) is 15.2. The topological polar surface area (TPSA) is 45.7 Å². The molecule has 1 saturated carbocycles. The third kappa shape index (κ3) is 6.63. The second-order valence-electron chi connectivity index (χ2n) is 6.63. The van der Waals surface area contributed by atoms with Crippen LogP contribution in [0.15, 0.2) is 58.1 Å². The van der Waals surface area contributed by atoms with E-state index in [0.29, 0.717) is 17.8 Å². The van der Waals surface area contributed by atoms with Crippen LogP contribution in [0.3, 0.4) is 0 Å². The summed E-state index contributed by atoms with van der Waals surface area (Å²) in [5.41, 5.74) is 4.93. The van der Waals surface area contributed by atoms with E-state index in [4.69, 9.17) is 17.0 Å². The summed E-state index contributed by atoms with van der Waals surface area (Å²) in [6, 6.07) is 16.4. The van der Waals surface area contributed by atoms with Gasteiger partial charge in [-0.2, -0.15) is 5.10 Å². The zero-order valence-corrected chi connectivity index (χ0v) is 17.6. The summed E-state index contributed by atoms with van der Waals surface area (Å²) in [5, 5.41) is 8.19. The van der Waals surface area contributed by atoms with E-state index in [9.17, 15) is 0 Å². The highest BCUT2D eigenvalue weighted by Gasteiger charge is 2.13. The highest BCUT2D eigenvalue weighted by Crippen LogP contribution is 2.19. The van der Waals surface area contributed by atoms with Crippen LogP contribution in [0.4, 0.5) is 0 Å². The van der Waals surface area contributed by atoms with Crippen LogP contribution < -0.4 is 15.5 Å². The lowest BCUT2D eigenvalue weighted by Gasteiger charge is -2.23. The number of thiocarbonyl (C=S) groups is 1. The fourth-order valence-electron chi connectivity index (χ4n) is 3.09. The van der Waals surface area contributed by atoms with Crippen molar-refractivity contribution < 1.29 is 4.74 Å². The minimum Gasteiger partial charge on any atom is -0.488 e. The minimum atomic E-state index is 0.468. The van der Waals surface area contributed by atoms with Gasteiger partial charge in [0.15, 0.2) is 5.11 Å². The predicted molar refractivity (Wildman–Crippen MR) is 118 cm³/mol. The molecule has 0 amide bonds. The van der Waals surface area contributed by atoms with Crippen molar-refractivity contribution >= 4 is 39.5 Å². The first-order valence-electron chi connectivity index (χ1n) is 9.26. The van der Waals surface area contributed by atoms with Crippen LogP contribution in [0.2, 0.25) is 0 Å². The lowest BCUT2D eigenvalue weighted by Crippen LogP contribution is -2.40. The number of benzene rings is 2. The Morgan fingerprint density at radius 2 is 1.85 bits per heavy atom. The van der Waals surface area contributed by atoms with Gasteiger partial charge < -0.3 is 10.1 Å². The third-order valence-corrected chi connectivity index (χ3v) is 5.27. The fourth-order valence-corrected chi connectivity index (χ4v) is 3.57.